The van der Waals surface area contributed by atoms with Gasteiger partial charge in [0.2, 0.25) is 5.92 Å². The lowest BCUT2D eigenvalue weighted by atomic mass is 9.76. The van der Waals surface area contributed by atoms with Crippen molar-refractivity contribution in [3.8, 4) is 11.3 Å². The van der Waals surface area contributed by atoms with E-state index in [1.165, 1.54) is 0 Å². The molecule has 0 atom stereocenters. The summed E-state index contributed by atoms with van der Waals surface area (Å²) in [5.74, 6) is -1.71. The number of hydrogen-bond donors (Lipinski definition) is 0. The van der Waals surface area contributed by atoms with Gasteiger partial charge >= 0.3 is 0 Å². The minimum Gasteiger partial charge on any atom is -0.464 e. The fourth-order valence-electron chi connectivity index (χ4n) is 2.29. The highest BCUT2D eigenvalue weighted by Gasteiger charge is 2.45. The summed E-state index contributed by atoms with van der Waals surface area (Å²) in [4.78, 5) is 0. The maximum Gasteiger partial charge on any atom is 0.249 e. The summed E-state index contributed by atoms with van der Waals surface area (Å²) < 4.78 is 31.0. The van der Waals surface area contributed by atoms with Crippen molar-refractivity contribution in [2.24, 2.45) is 0 Å². The lowest BCUT2D eigenvalue weighted by Gasteiger charge is -2.35. The van der Waals surface area contributed by atoms with E-state index in [0.29, 0.717) is 0 Å². The molecule has 1 fully saturated rings. The molecule has 1 heterocycles. The summed E-state index contributed by atoms with van der Waals surface area (Å²) in [6.07, 6.45) is 1.54. The van der Waals surface area contributed by atoms with Crippen molar-refractivity contribution in [3.05, 3.63) is 48.2 Å². The molecule has 1 saturated carbocycles. The zero-order valence-corrected chi connectivity index (χ0v) is 9.20. The van der Waals surface area contributed by atoms with Gasteiger partial charge in [-0.05, 0) is 29.7 Å². The van der Waals surface area contributed by atoms with Crippen LogP contribution in [0.15, 0.2) is 47.1 Å². The van der Waals surface area contributed by atoms with Crippen molar-refractivity contribution in [1.82, 2.24) is 0 Å². The standard InChI is InChI=1S/C14H12F2O/c15-14(16)8-12(9-14)10-3-1-4-11(7-10)13-5-2-6-17-13/h1-7,12H,8-9H2. The van der Waals surface area contributed by atoms with Gasteiger partial charge in [0.15, 0.2) is 0 Å². The van der Waals surface area contributed by atoms with Crippen molar-refractivity contribution in [2.75, 3.05) is 0 Å². The first-order valence-corrected chi connectivity index (χ1v) is 5.66. The largest absolute Gasteiger partial charge is 0.464 e. The van der Waals surface area contributed by atoms with Crippen LogP contribution < -0.4 is 0 Å². The Kier molecular flexibility index (Phi) is 2.28. The summed E-state index contributed by atoms with van der Waals surface area (Å²) in [5, 5.41) is 0. The van der Waals surface area contributed by atoms with Crippen LogP contribution in [0.2, 0.25) is 0 Å². The smallest absolute Gasteiger partial charge is 0.249 e. The number of halogens is 2. The molecule has 1 nitrogen and oxygen atoms in total. The second-order valence-corrected chi connectivity index (χ2v) is 4.56. The summed E-state index contributed by atoms with van der Waals surface area (Å²) in [5.41, 5.74) is 1.92. The Hall–Kier alpha value is -1.64. The van der Waals surface area contributed by atoms with Crippen LogP contribution in [-0.4, -0.2) is 5.92 Å². The van der Waals surface area contributed by atoms with Gasteiger partial charge in [0.25, 0.3) is 0 Å². The van der Waals surface area contributed by atoms with Gasteiger partial charge in [0.05, 0.1) is 6.26 Å². The topological polar surface area (TPSA) is 13.1 Å². The molecular formula is C14H12F2O. The first-order chi connectivity index (χ1) is 8.14. The van der Waals surface area contributed by atoms with Gasteiger partial charge in [0.1, 0.15) is 5.76 Å². The van der Waals surface area contributed by atoms with Crippen LogP contribution in [0.3, 0.4) is 0 Å². The van der Waals surface area contributed by atoms with E-state index < -0.39 is 5.92 Å². The average molecular weight is 234 g/mol. The third kappa shape index (κ3) is 1.97. The SMILES string of the molecule is FC1(F)CC(c2cccc(-c3ccco3)c2)C1. The molecule has 17 heavy (non-hydrogen) atoms. The third-order valence-corrected chi connectivity index (χ3v) is 3.25. The highest BCUT2D eigenvalue weighted by atomic mass is 19.3. The van der Waals surface area contributed by atoms with E-state index in [-0.39, 0.29) is 18.8 Å². The van der Waals surface area contributed by atoms with E-state index in [2.05, 4.69) is 0 Å². The Morgan fingerprint density at radius 3 is 2.59 bits per heavy atom. The van der Waals surface area contributed by atoms with Crippen LogP contribution in [-0.2, 0) is 0 Å². The molecule has 0 aliphatic heterocycles. The zero-order chi connectivity index (χ0) is 11.9. The number of rotatable bonds is 2. The quantitative estimate of drug-likeness (QED) is 0.747. The van der Waals surface area contributed by atoms with Crippen molar-refractivity contribution >= 4 is 0 Å². The Balaban J connectivity index is 1.86. The number of alkyl halides is 2. The number of benzene rings is 1. The van der Waals surface area contributed by atoms with Crippen molar-refractivity contribution < 1.29 is 13.2 Å². The molecule has 0 radical (unpaired) electrons. The Labute approximate surface area is 98.1 Å². The molecule has 2 aromatic rings. The molecule has 1 aromatic carbocycles. The molecule has 1 aliphatic carbocycles. The molecular weight excluding hydrogens is 222 g/mol. The fourth-order valence-corrected chi connectivity index (χ4v) is 2.29. The monoisotopic (exact) mass is 234 g/mol. The third-order valence-electron chi connectivity index (χ3n) is 3.25. The van der Waals surface area contributed by atoms with E-state index in [0.717, 1.165) is 16.9 Å². The van der Waals surface area contributed by atoms with Gasteiger partial charge in [-0.15, -0.1) is 0 Å². The number of hydrogen-bond acceptors (Lipinski definition) is 1. The molecule has 0 spiro atoms. The summed E-state index contributed by atoms with van der Waals surface area (Å²) in [7, 11) is 0. The molecule has 88 valence electrons. The Morgan fingerprint density at radius 2 is 1.94 bits per heavy atom. The predicted octanol–water partition coefficient (Wildman–Crippen LogP) is 4.46. The van der Waals surface area contributed by atoms with Crippen LogP contribution in [0.5, 0.6) is 0 Å². The maximum atomic E-state index is 12.8. The van der Waals surface area contributed by atoms with Crippen LogP contribution in [0.1, 0.15) is 24.3 Å². The van der Waals surface area contributed by atoms with E-state index in [9.17, 15) is 8.78 Å². The second kappa shape index (κ2) is 3.69. The normalized spacial score (nSPS) is 18.9. The average Bonchev–Trinajstić information content (AvgIpc) is 2.79. The van der Waals surface area contributed by atoms with Crippen LogP contribution >= 0.6 is 0 Å². The zero-order valence-electron chi connectivity index (χ0n) is 9.20. The highest BCUT2D eigenvalue weighted by Crippen LogP contribution is 2.48. The minimum absolute atomic E-state index is 0.0140. The lowest BCUT2D eigenvalue weighted by molar-refractivity contribution is -0.0867. The van der Waals surface area contributed by atoms with Crippen molar-refractivity contribution in [1.29, 1.82) is 0 Å². The van der Waals surface area contributed by atoms with Gasteiger partial charge in [-0.25, -0.2) is 8.78 Å². The van der Waals surface area contributed by atoms with E-state index in [1.807, 2.05) is 36.4 Å². The summed E-state index contributed by atoms with van der Waals surface area (Å²) in [6, 6.07) is 11.4. The second-order valence-electron chi connectivity index (χ2n) is 4.56. The van der Waals surface area contributed by atoms with Crippen LogP contribution in [0.25, 0.3) is 11.3 Å². The Bertz CT molecular complexity index is 509. The van der Waals surface area contributed by atoms with Crippen LogP contribution in [0, 0.1) is 0 Å². The molecule has 1 aromatic heterocycles. The molecule has 0 saturated heterocycles. The summed E-state index contributed by atoms with van der Waals surface area (Å²) in [6.45, 7) is 0. The molecule has 0 bridgehead atoms. The highest BCUT2D eigenvalue weighted by molar-refractivity contribution is 5.58. The first-order valence-electron chi connectivity index (χ1n) is 5.66. The lowest BCUT2D eigenvalue weighted by Crippen LogP contribution is -2.33. The molecule has 0 amide bonds. The predicted molar refractivity (Wildman–Crippen MR) is 61.1 cm³/mol. The number of furan rings is 1. The first kappa shape index (κ1) is 10.5. The fraction of sp³-hybridized carbons (Fsp3) is 0.286. The van der Waals surface area contributed by atoms with Gasteiger partial charge in [-0.1, -0.05) is 18.2 Å². The van der Waals surface area contributed by atoms with E-state index >= 15 is 0 Å². The van der Waals surface area contributed by atoms with E-state index in [1.54, 1.807) is 6.26 Å². The molecule has 0 N–H and O–H groups in total. The van der Waals surface area contributed by atoms with E-state index in [4.69, 9.17) is 4.42 Å². The maximum absolute atomic E-state index is 12.8. The van der Waals surface area contributed by atoms with Gasteiger partial charge < -0.3 is 4.42 Å². The molecule has 3 heteroatoms. The minimum atomic E-state index is -2.47. The summed E-state index contributed by atoms with van der Waals surface area (Å²) >= 11 is 0. The van der Waals surface area contributed by atoms with Crippen molar-refractivity contribution in [2.45, 2.75) is 24.7 Å². The van der Waals surface area contributed by atoms with Gasteiger partial charge in [-0.2, -0.15) is 0 Å². The van der Waals surface area contributed by atoms with Gasteiger partial charge in [-0.3, -0.25) is 0 Å². The molecule has 3 rings (SSSR count). The molecule has 0 unspecified atom stereocenters. The molecule has 1 aliphatic rings. The van der Waals surface area contributed by atoms with Crippen molar-refractivity contribution in [3.63, 3.8) is 0 Å². The Morgan fingerprint density at radius 1 is 1.12 bits per heavy atom. The van der Waals surface area contributed by atoms with Crippen LogP contribution in [0.4, 0.5) is 8.78 Å². The van der Waals surface area contributed by atoms with Gasteiger partial charge in [0, 0.05) is 18.4 Å².